The summed E-state index contributed by atoms with van der Waals surface area (Å²) >= 11 is 6.30. The van der Waals surface area contributed by atoms with Gasteiger partial charge < -0.3 is 9.55 Å². The highest BCUT2D eigenvalue weighted by molar-refractivity contribution is 9.11. The van der Waals surface area contributed by atoms with Crippen molar-refractivity contribution in [1.82, 2.24) is 9.55 Å². The summed E-state index contributed by atoms with van der Waals surface area (Å²) in [4.78, 5) is 2.27. The fraction of sp³-hybridized carbons (Fsp3) is 0.143. The largest absolute Gasteiger partial charge is 0.431 e. The minimum Gasteiger partial charge on any atom is -0.350 e. The molecule has 4 aromatic rings. The average molecular weight is 592 g/mol. The molecule has 0 fully saturated rings. The van der Waals surface area contributed by atoms with E-state index in [-0.39, 0.29) is 0 Å². The van der Waals surface area contributed by atoms with Gasteiger partial charge in [0, 0.05) is 26.8 Å². The Morgan fingerprint density at radius 1 is 0.788 bits per heavy atom. The first-order valence-corrected chi connectivity index (χ1v) is 10.4. The predicted molar refractivity (Wildman–Crippen MR) is 116 cm³/mol. The van der Waals surface area contributed by atoms with Crippen LogP contribution in [-0.2, 0) is 19.4 Å². The molecular formula is C21H10Br2F6N4. The van der Waals surface area contributed by atoms with Crippen LogP contribution in [0.3, 0.4) is 0 Å². The first-order valence-electron chi connectivity index (χ1n) is 8.82. The Morgan fingerprint density at radius 3 is 1.85 bits per heavy atom. The average Bonchev–Trinajstić information content (AvgIpc) is 3.30. The zero-order valence-electron chi connectivity index (χ0n) is 16.3. The van der Waals surface area contributed by atoms with Crippen LogP contribution in [0.25, 0.3) is 21.8 Å². The van der Waals surface area contributed by atoms with Gasteiger partial charge in [0.2, 0.25) is 0 Å². The van der Waals surface area contributed by atoms with E-state index in [4.69, 9.17) is 10.5 Å². The SMILES string of the molecule is Cn1c(C(F)(F)F)cc2cc(C#N)cc(Br)c21.N#Cc1cc(Br)c2[nH]c(C(F)(F)F)cc2c1. The maximum atomic E-state index is 12.7. The molecule has 0 saturated carbocycles. The molecule has 170 valence electrons. The molecule has 0 aliphatic rings. The van der Waals surface area contributed by atoms with Gasteiger partial charge in [-0.05, 0) is 68.3 Å². The number of H-pyrrole nitrogens is 1. The second-order valence-electron chi connectivity index (χ2n) is 6.81. The normalized spacial score (nSPS) is 11.7. The molecule has 0 radical (unpaired) electrons. The number of alkyl halides is 6. The highest BCUT2D eigenvalue weighted by atomic mass is 79.9. The van der Waals surface area contributed by atoms with E-state index in [1.807, 2.05) is 12.1 Å². The monoisotopic (exact) mass is 590 g/mol. The van der Waals surface area contributed by atoms with Crippen molar-refractivity contribution in [3.63, 3.8) is 0 Å². The van der Waals surface area contributed by atoms with E-state index in [9.17, 15) is 26.3 Å². The van der Waals surface area contributed by atoms with Crippen molar-refractivity contribution in [3.05, 3.63) is 67.9 Å². The molecule has 0 aliphatic carbocycles. The van der Waals surface area contributed by atoms with Crippen molar-refractivity contribution >= 4 is 53.7 Å². The summed E-state index contributed by atoms with van der Waals surface area (Å²) in [6, 6.07) is 11.6. The Labute approximate surface area is 199 Å². The molecule has 0 atom stereocenters. The molecule has 12 heteroatoms. The molecule has 33 heavy (non-hydrogen) atoms. The number of hydrogen-bond donors (Lipinski definition) is 1. The molecule has 0 spiro atoms. The van der Waals surface area contributed by atoms with E-state index in [2.05, 4.69) is 36.8 Å². The predicted octanol–water partition coefficient (Wildman–Crippen LogP) is 7.65. The van der Waals surface area contributed by atoms with Gasteiger partial charge in [-0.2, -0.15) is 36.9 Å². The second kappa shape index (κ2) is 8.76. The van der Waals surface area contributed by atoms with E-state index in [0.29, 0.717) is 41.9 Å². The van der Waals surface area contributed by atoms with E-state index < -0.39 is 23.7 Å². The Bertz CT molecular complexity index is 1450. The number of rotatable bonds is 0. The van der Waals surface area contributed by atoms with Crippen molar-refractivity contribution in [2.75, 3.05) is 0 Å². The summed E-state index contributed by atoms with van der Waals surface area (Å²) in [5, 5.41) is 18.2. The Hall–Kier alpha value is -2.96. The van der Waals surface area contributed by atoms with Gasteiger partial charge in [0.15, 0.2) is 0 Å². The standard InChI is InChI=1S/C11H6BrF3N2.C10H4BrF3N2/c1-17-9(11(13,14)15)4-7-2-6(5-16)3-8(12)10(7)17;11-7-2-5(4-15)1-6-3-8(10(12,13)14)16-9(6)7/h2-4H,1H3;1-3,16H. The van der Waals surface area contributed by atoms with Crippen LogP contribution in [0.2, 0.25) is 0 Å². The van der Waals surface area contributed by atoms with Gasteiger partial charge in [-0.25, -0.2) is 0 Å². The van der Waals surface area contributed by atoms with Crippen LogP contribution in [0.4, 0.5) is 26.3 Å². The Morgan fingerprint density at radius 2 is 1.33 bits per heavy atom. The van der Waals surface area contributed by atoms with Gasteiger partial charge >= 0.3 is 12.4 Å². The minimum absolute atomic E-state index is 0.312. The summed E-state index contributed by atoms with van der Waals surface area (Å²) in [7, 11) is 1.35. The molecule has 4 rings (SSSR count). The molecule has 2 heterocycles. The summed E-state index contributed by atoms with van der Waals surface area (Å²) in [6.45, 7) is 0. The Balaban J connectivity index is 0.000000186. The number of benzene rings is 2. The lowest BCUT2D eigenvalue weighted by Crippen LogP contribution is -2.10. The number of fused-ring (bicyclic) bond motifs is 2. The maximum absolute atomic E-state index is 12.7. The Kier molecular flexibility index (Phi) is 6.55. The van der Waals surface area contributed by atoms with Gasteiger partial charge in [0.1, 0.15) is 11.4 Å². The van der Waals surface area contributed by atoms with E-state index in [1.165, 1.54) is 31.3 Å². The van der Waals surface area contributed by atoms with Gasteiger partial charge in [-0.15, -0.1) is 0 Å². The van der Waals surface area contributed by atoms with Crippen molar-refractivity contribution in [3.8, 4) is 12.1 Å². The van der Waals surface area contributed by atoms with Crippen molar-refractivity contribution in [2.24, 2.45) is 7.05 Å². The molecular weight excluding hydrogens is 582 g/mol. The highest BCUT2D eigenvalue weighted by Gasteiger charge is 2.35. The topological polar surface area (TPSA) is 68.3 Å². The highest BCUT2D eigenvalue weighted by Crippen LogP contribution is 2.36. The van der Waals surface area contributed by atoms with Gasteiger partial charge in [-0.3, -0.25) is 0 Å². The van der Waals surface area contributed by atoms with E-state index in [1.54, 1.807) is 0 Å². The lowest BCUT2D eigenvalue weighted by atomic mass is 10.2. The minimum atomic E-state index is -4.41. The molecule has 0 aliphatic heterocycles. The molecule has 2 aromatic carbocycles. The molecule has 0 amide bonds. The van der Waals surface area contributed by atoms with Crippen LogP contribution in [0.5, 0.6) is 0 Å². The third kappa shape index (κ3) is 5.02. The molecule has 0 saturated heterocycles. The van der Waals surface area contributed by atoms with Crippen LogP contribution in [0, 0.1) is 22.7 Å². The van der Waals surface area contributed by atoms with E-state index in [0.717, 1.165) is 16.7 Å². The molecule has 2 aromatic heterocycles. The van der Waals surface area contributed by atoms with Crippen LogP contribution in [0.15, 0.2) is 45.3 Å². The van der Waals surface area contributed by atoms with Crippen LogP contribution in [-0.4, -0.2) is 9.55 Å². The first kappa shape index (κ1) is 24.7. The molecule has 0 unspecified atom stereocenters. The number of nitrogens with zero attached hydrogens (tertiary/aromatic N) is 3. The quantitative estimate of drug-likeness (QED) is 0.213. The molecule has 1 N–H and O–H groups in total. The van der Waals surface area contributed by atoms with Crippen molar-refractivity contribution in [1.29, 1.82) is 10.5 Å². The smallest absolute Gasteiger partial charge is 0.350 e. The third-order valence-electron chi connectivity index (χ3n) is 4.62. The van der Waals surface area contributed by atoms with Crippen LogP contribution >= 0.6 is 31.9 Å². The van der Waals surface area contributed by atoms with Gasteiger partial charge in [0.05, 0.1) is 34.3 Å². The first-order chi connectivity index (χ1) is 15.3. The number of aromatic amines is 1. The molecule has 4 nitrogen and oxygen atoms in total. The molecule has 0 bridgehead atoms. The number of hydrogen-bond acceptors (Lipinski definition) is 2. The number of aryl methyl sites for hydroxylation is 1. The number of nitriles is 2. The van der Waals surface area contributed by atoms with Crippen molar-refractivity contribution < 1.29 is 26.3 Å². The zero-order chi connectivity index (χ0) is 24.7. The second-order valence-corrected chi connectivity index (χ2v) is 8.52. The fourth-order valence-corrected chi connectivity index (χ4v) is 4.52. The van der Waals surface area contributed by atoms with Crippen LogP contribution in [0.1, 0.15) is 22.5 Å². The van der Waals surface area contributed by atoms with Crippen LogP contribution < -0.4 is 0 Å². The lowest BCUT2D eigenvalue weighted by Gasteiger charge is -2.08. The number of halogens is 8. The summed E-state index contributed by atoms with van der Waals surface area (Å²) < 4.78 is 77.4. The zero-order valence-corrected chi connectivity index (χ0v) is 19.5. The van der Waals surface area contributed by atoms with Gasteiger partial charge in [-0.1, -0.05) is 0 Å². The maximum Gasteiger partial charge on any atom is 0.431 e. The summed E-state index contributed by atoms with van der Waals surface area (Å²) in [6.07, 6.45) is -8.81. The third-order valence-corrected chi connectivity index (χ3v) is 5.85. The van der Waals surface area contributed by atoms with Crippen molar-refractivity contribution in [2.45, 2.75) is 12.4 Å². The summed E-state index contributed by atoms with van der Waals surface area (Å²) in [5.74, 6) is 0. The fourth-order valence-electron chi connectivity index (χ4n) is 3.20. The summed E-state index contributed by atoms with van der Waals surface area (Å²) in [5.41, 5.74) is -0.153. The van der Waals surface area contributed by atoms with E-state index >= 15 is 0 Å². The number of nitrogens with one attached hydrogen (secondary N) is 1. The number of aromatic nitrogens is 2. The lowest BCUT2D eigenvalue weighted by molar-refractivity contribution is -0.143. The van der Waals surface area contributed by atoms with Gasteiger partial charge in [0.25, 0.3) is 0 Å².